The molecule has 0 amide bonds. The van der Waals surface area contributed by atoms with Crippen LogP contribution in [0.3, 0.4) is 0 Å². The number of hydrogen-bond acceptors (Lipinski definition) is 2. The second-order valence-corrected chi connectivity index (χ2v) is 7.21. The minimum Gasteiger partial charge on any atom is -0.486 e. The van der Waals surface area contributed by atoms with E-state index in [4.69, 9.17) is 10.5 Å². The Kier molecular flexibility index (Phi) is 4.23. The van der Waals surface area contributed by atoms with Crippen molar-refractivity contribution in [1.82, 2.24) is 0 Å². The third kappa shape index (κ3) is 2.70. The standard InChI is InChI=1S/C16H20BrF2NO/c17-10-7-11(18)15(19)12(8-10)21-14-9-13(20)16(14)5-3-1-2-4-6-16/h7-8,13-14H,1-6,9,20H2. The fraction of sp³-hybridized carbons (Fsp3) is 0.625. The van der Waals surface area contributed by atoms with Crippen LogP contribution in [-0.4, -0.2) is 12.1 Å². The van der Waals surface area contributed by atoms with E-state index in [0.29, 0.717) is 10.9 Å². The third-order valence-corrected chi connectivity index (χ3v) is 5.57. The average molecular weight is 360 g/mol. The van der Waals surface area contributed by atoms with Crippen molar-refractivity contribution >= 4 is 15.9 Å². The van der Waals surface area contributed by atoms with Gasteiger partial charge in [0.05, 0.1) is 0 Å². The molecule has 0 aromatic heterocycles. The average Bonchev–Trinajstić information content (AvgIpc) is 2.71. The van der Waals surface area contributed by atoms with Gasteiger partial charge in [0, 0.05) is 22.4 Å². The Balaban J connectivity index is 1.82. The summed E-state index contributed by atoms with van der Waals surface area (Å²) in [5.74, 6) is -1.82. The smallest absolute Gasteiger partial charge is 0.200 e. The van der Waals surface area contributed by atoms with Gasteiger partial charge in [-0.2, -0.15) is 4.39 Å². The highest BCUT2D eigenvalue weighted by Crippen LogP contribution is 2.51. The number of nitrogens with two attached hydrogens (primary N) is 1. The Labute approximate surface area is 132 Å². The van der Waals surface area contributed by atoms with E-state index in [0.717, 1.165) is 31.7 Å². The first-order valence-electron chi connectivity index (χ1n) is 7.60. The molecule has 0 radical (unpaired) electrons. The predicted octanol–water partition coefficient (Wildman–Crippen LogP) is 4.55. The summed E-state index contributed by atoms with van der Waals surface area (Å²) in [6, 6.07) is 2.71. The summed E-state index contributed by atoms with van der Waals surface area (Å²) in [6.07, 6.45) is 7.39. The molecule has 2 N–H and O–H groups in total. The summed E-state index contributed by atoms with van der Waals surface area (Å²) in [6.45, 7) is 0. The summed E-state index contributed by atoms with van der Waals surface area (Å²) in [7, 11) is 0. The Morgan fingerprint density at radius 3 is 2.43 bits per heavy atom. The van der Waals surface area contributed by atoms with Crippen molar-refractivity contribution in [1.29, 1.82) is 0 Å². The number of halogens is 3. The minimum atomic E-state index is -0.914. The van der Waals surface area contributed by atoms with Crippen molar-refractivity contribution < 1.29 is 13.5 Å². The summed E-state index contributed by atoms with van der Waals surface area (Å²) >= 11 is 3.18. The predicted molar refractivity (Wildman–Crippen MR) is 81.2 cm³/mol. The summed E-state index contributed by atoms with van der Waals surface area (Å²) in [5.41, 5.74) is 6.19. The molecule has 2 nitrogen and oxygen atoms in total. The first-order valence-corrected chi connectivity index (χ1v) is 8.39. The summed E-state index contributed by atoms with van der Waals surface area (Å²) < 4.78 is 33.7. The second-order valence-electron chi connectivity index (χ2n) is 6.30. The van der Waals surface area contributed by atoms with E-state index in [9.17, 15) is 8.78 Å². The maximum Gasteiger partial charge on any atom is 0.200 e. The fourth-order valence-corrected chi connectivity index (χ4v) is 4.20. The first kappa shape index (κ1) is 15.2. The number of benzene rings is 1. The number of ether oxygens (including phenoxy) is 1. The van der Waals surface area contributed by atoms with E-state index in [1.54, 1.807) is 0 Å². The van der Waals surface area contributed by atoms with Crippen molar-refractivity contribution in [2.45, 2.75) is 57.1 Å². The van der Waals surface area contributed by atoms with Crippen LogP contribution in [0, 0.1) is 17.0 Å². The molecule has 21 heavy (non-hydrogen) atoms. The van der Waals surface area contributed by atoms with Crippen molar-refractivity contribution in [2.24, 2.45) is 11.1 Å². The molecule has 5 heteroatoms. The fourth-order valence-electron chi connectivity index (χ4n) is 3.79. The Hall–Kier alpha value is -0.680. The molecule has 3 rings (SSSR count). The molecule has 0 aliphatic heterocycles. The molecule has 0 saturated heterocycles. The lowest BCUT2D eigenvalue weighted by Gasteiger charge is -2.54. The van der Waals surface area contributed by atoms with Crippen molar-refractivity contribution in [3.05, 3.63) is 28.2 Å². The largest absolute Gasteiger partial charge is 0.486 e. The monoisotopic (exact) mass is 359 g/mol. The summed E-state index contributed by atoms with van der Waals surface area (Å²) in [5, 5.41) is 0. The molecule has 2 aliphatic rings. The Bertz CT molecular complexity index is 529. The quantitative estimate of drug-likeness (QED) is 0.786. The van der Waals surface area contributed by atoms with Crippen molar-refractivity contribution in [3.63, 3.8) is 0 Å². The molecular formula is C16H20BrF2NO. The molecular weight excluding hydrogens is 340 g/mol. The second kappa shape index (κ2) is 5.84. The van der Waals surface area contributed by atoms with Crippen LogP contribution in [0.4, 0.5) is 8.78 Å². The highest BCUT2D eigenvalue weighted by atomic mass is 79.9. The SMILES string of the molecule is NC1CC(Oc2cc(Br)cc(F)c2F)C12CCCCCC2. The van der Waals surface area contributed by atoms with Gasteiger partial charge in [0.2, 0.25) is 5.82 Å². The van der Waals surface area contributed by atoms with Gasteiger partial charge in [-0.05, 0) is 25.0 Å². The molecule has 1 aromatic carbocycles. The zero-order valence-corrected chi connectivity index (χ0v) is 13.5. The Morgan fingerprint density at radius 2 is 1.81 bits per heavy atom. The molecule has 1 spiro atoms. The lowest BCUT2D eigenvalue weighted by molar-refractivity contribution is -0.0787. The topological polar surface area (TPSA) is 35.2 Å². The maximum atomic E-state index is 13.9. The molecule has 2 saturated carbocycles. The van der Waals surface area contributed by atoms with E-state index >= 15 is 0 Å². The summed E-state index contributed by atoms with van der Waals surface area (Å²) in [4.78, 5) is 0. The minimum absolute atomic E-state index is 0.0117. The van der Waals surface area contributed by atoms with Crippen LogP contribution in [-0.2, 0) is 0 Å². The van der Waals surface area contributed by atoms with E-state index in [2.05, 4.69) is 15.9 Å². The first-order chi connectivity index (χ1) is 10.0. The van der Waals surface area contributed by atoms with E-state index in [1.165, 1.54) is 18.9 Å². The van der Waals surface area contributed by atoms with Crippen LogP contribution >= 0.6 is 15.9 Å². The van der Waals surface area contributed by atoms with E-state index in [1.807, 2.05) is 0 Å². The normalized spacial score (nSPS) is 28.0. The molecule has 2 fully saturated rings. The van der Waals surface area contributed by atoms with Gasteiger partial charge in [-0.15, -0.1) is 0 Å². The van der Waals surface area contributed by atoms with Gasteiger partial charge in [0.1, 0.15) is 6.10 Å². The van der Waals surface area contributed by atoms with Crippen LogP contribution in [0.15, 0.2) is 16.6 Å². The number of hydrogen-bond donors (Lipinski definition) is 1. The van der Waals surface area contributed by atoms with E-state index < -0.39 is 11.6 Å². The van der Waals surface area contributed by atoms with Crippen LogP contribution in [0.1, 0.15) is 44.9 Å². The molecule has 2 atom stereocenters. The number of rotatable bonds is 2. The van der Waals surface area contributed by atoms with Gasteiger partial charge in [-0.25, -0.2) is 4.39 Å². The van der Waals surface area contributed by atoms with Gasteiger partial charge in [-0.1, -0.05) is 41.6 Å². The van der Waals surface area contributed by atoms with Gasteiger partial charge in [0.15, 0.2) is 11.6 Å². The molecule has 0 heterocycles. The molecule has 1 aromatic rings. The van der Waals surface area contributed by atoms with Crippen LogP contribution in [0.2, 0.25) is 0 Å². The Morgan fingerprint density at radius 1 is 1.14 bits per heavy atom. The molecule has 116 valence electrons. The molecule has 2 unspecified atom stereocenters. The highest BCUT2D eigenvalue weighted by molar-refractivity contribution is 9.10. The third-order valence-electron chi connectivity index (χ3n) is 5.11. The van der Waals surface area contributed by atoms with Gasteiger partial charge < -0.3 is 10.5 Å². The zero-order valence-electron chi connectivity index (χ0n) is 11.9. The molecule has 0 bridgehead atoms. The van der Waals surface area contributed by atoms with Crippen LogP contribution in [0.25, 0.3) is 0 Å². The van der Waals surface area contributed by atoms with Gasteiger partial charge in [0.25, 0.3) is 0 Å². The maximum absolute atomic E-state index is 13.9. The van der Waals surface area contributed by atoms with Crippen LogP contribution < -0.4 is 10.5 Å². The lowest BCUT2D eigenvalue weighted by Crippen LogP contribution is -2.63. The van der Waals surface area contributed by atoms with Gasteiger partial charge >= 0.3 is 0 Å². The van der Waals surface area contributed by atoms with Crippen molar-refractivity contribution in [3.8, 4) is 5.75 Å². The van der Waals surface area contributed by atoms with Crippen molar-refractivity contribution in [2.75, 3.05) is 0 Å². The van der Waals surface area contributed by atoms with Crippen LogP contribution in [0.5, 0.6) is 5.75 Å². The zero-order chi connectivity index (χ0) is 15.0. The van der Waals surface area contributed by atoms with Gasteiger partial charge in [-0.3, -0.25) is 0 Å². The molecule has 2 aliphatic carbocycles. The lowest BCUT2D eigenvalue weighted by atomic mass is 9.58. The van der Waals surface area contributed by atoms with E-state index in [-0.39, 0.29) is 23.3 Å². The highest BCUT2D eigenvalue weighted by Gasteiger charge is 2.54.